The van der Waals surface area contributed by atoms with Crippen LogP contribution >= 0.6 is 11.3 Å². The maximum atomic E-state index is 12.7. The normalized spacial score (nSPS) is 13.5. The van der Waals surface area contributed by atoms with Gasteiger partial charge in [0.25, 0.3) is 16.1 Å². The fourth-order valence-corrected chi connectivity index (χ4v) is 6.46. The van der Waals surface area contributed by atoms with Crippen LogP contribution in [-0.4, -0.2) is 50.7 Å². The fraction of sp³-hybridized carbons (Fsp3) is 0.333. The molecule has 0 radical (unpaired) electrons. The van der Waals surface area contributed by atoms with E-state index in [9.17, 15) is 21.6 Å². The molecule has 1 atom stereocenters. The molecule has 15 heteroatoms. The highest BCUT2D eigenvalue weighted by Crippen LogP contribution is 2.36. The monoisotopic (exact) mass is 592 g/mol. The van der Waals surface area contributed by atoms with Gasteiger partial charge in [0.15, 0.2) is 15.1 Å². The van der Waals surface area contributed by atoms with Crippen LogP contribution in [0.25, 0.3) is 21.3 Å². The van der Waals surface area contributed by atoms with Crippen molar-refractivity contribution in [1.29, 1.82) is 0 Å². The Morgan fingerprint density at radius 3 is 2.46 bits per heavy atom. The smallest absolute Gasteiger partial charge is 0.274 e. The molecule has 2 aromatic heterocycles. The number of amides is 1. The molecule has 0 fully saturated rings. The summed E-state index contributed by atoms with van der Waals surface area (Å²) in [5, 5.41) is 14.3. The molecule has 0 aliphatic rings. The van der Waals surface area contributed by atoms with Gasteiger partial charge in [0.05, 0.1) is 16.8 Å². The van der Waals surface area contributed by atoms with E-state index in [0.717, 1.165) is 33.4 Å². The molecule has 0 saturated carbocycles. The molecule has 4 rings (SSSR count). The van der Waals surface area contributed by atoms with Gasteiger partial charge >= 0.3 is 0 Å². The third-order valence-corrected chi connectivity index (χ3v) is 8.49. The average Bonchev–Trinajstić information content (AvgIpc) is 3.46. The fourth-order valence-electron chi connectivity index (χ4n) is 3.60. The number of fused-ring (bicyclic) bond motifs is 1. The van der Waals surface area contributed by atoms with Crippen LogP contribution < -0.4 is 15.2 Å². The molecular weight excluding hydrogens is 565 g/mol. The number of carbonyl (C=O) groups excluding carboxylic acids is 1. The first-order valence-corrected chi connectivity index (χ1v) is 16.0. The van der Waals surface area contributed by atoms with Crippen molar-refractivity contribution in [2.75, 3.05) is 12.8 Å². The SMILES string of the molecule is CC(C)(C)CNC(=O)c1cccc(-c2ccc3nc(C(c4nnc(CNS(N)(=O)=O)o4)S(C)(=O)=O)sc3c2)c1. The van der Waals surface area contributed by atoms with Gasteiger partial charge in [-0.05, 0) is 40.8 Å². The zero-order valence-electron chi connectivity index (χ0n) is 21.6. The van der Waals surface area contributed by atoms with E-state index in [-0.39, 0.29) is 28.1 Å². The molecule has 4 N–H and O–H groups in total. The van der Waals surface area contributed by atoms with Crippen LogP contribution in [0.3, 0.4) is 0 Å². The lowest BCUT2D eigenvalue weighted by Gasteiger charge is -2.18. The van der Waals surface area contributed by atoms with Gasteiger partial charge in [-0.25, -0.2) is 18.5 Å². The molecule has 0 aliphatic heterocycles. The Bertz CT molecular complexity index is 1740. The summed E-state index contributed by atoms with van der Waals surface area (Å²) in [6, 6.07) is 12.7. The van der Waals surface area contributed by atoms with E-state index in [0.29, 0.717) is 17.6 Å². The Morgan fingerprint density at radius 1 is 1.08 bits per heavy atom. The van der Waals surface area contributed by atoms with Crippen molar-refractivity contribution in [1.82, 2.24) is 25.2 Å². The van der Waals surface area contributed by atoms with Gasteiger partial charge in [0, 0.05) is 18.4 Å². The lowest BCUT2D eigenvalue weighted by molar-refractivity contribution is 0.0939. The van der Waals surface area contributed by atoms with Crippen LogP contribution in [0.5, 0.6) is 0 Å². The van der Waals surface area contributed by atoms with E-state index in [4.69, 9.17) is 9.56 Å². The van der Waals surface area contributed by atoms with Gasteiger partial charge in [-0.1, -0.05) is 39.0 Å². The molecule has 0 saturated heterocycles. The summed E-state index contributed by atoms with van der Waals surface area (Å²) >= 11 is 1.16. The highest BCUT2D eigenvalue weighted by atomic mass is 32.2. The third kappa shape index (κ3) is 7.45. The number of hydrogen-bond donors (Lipinski definition) is 3. The first-order valence-electron chi connectivity index (χ1n) is 11.7. The number of carbonyl (C=O) groups is 1. The minimum absolute atomic E-state index is 0.0448. The molecule has 208 valence electrons. The highest BCUT2D eigenvalue weighted by Gasteiger charge is 2.34. The van der Waals surface area contributed by atoms with E-state index in [2.05, 4.69) is 20.5 Å². The number of thiazole rings is 1. The lowest BCUT2D eigenvalue weighted by Crippen LogP contribution is -2.32. The maximum absolute atomic E-state index is 12.7. The predicted molar refractivity (Wildman–Crippen MR) is 148 cm³/mol. The van der Waals surface area contributed by atoms with Crippen molar-refractivity contribution in [2.45, 2.75) is 32.6 Å². The number of hydrogen-bond acceptors (Lipinski definition) is 10. The zero-order valence-corrected chi connectivity index (χ0v) is 24.1. The van der Waals surface area contributed by atoms with E-state index in [1.54, 1.807) is 24.3 Å². The Morgan fingerprint density at radius 2 is 1.79 bits per heavy atom. The average molecular weight is 593 g/mol. The van der Waals surface area contributed by atoms with E-state index in [1.807, 2.05) is 43.7 Å². The van der Waals surface area contributed by atoms with Gasteiger partial charge in [-0.3, -0.25) is 4.79 Å². The Kier molecular flexibility index (Phi) is 7.91. The number of nitrogens with two attached hydrogens (primary N) is 1. The lowest BCUT2D eigenvalue weighted by atomic mass is 9.96. The van der Waals surface area contributed by atoms with Gasteiger partial charge < -0.3 is 9.73 Å². The van der Waals surface area contributed by atoms with Crippen LogP contribution in [0, 0.1) is 5.41 Å². The van der Waals surface area contributed by atoms with Crippen molar-refractivity contribution >= 4 is 47.5 Å². The summed E-state index contributed by atoms with van der Waals surface area (Å²) in [4.78, 5) is 17.1. The largest absolute Gasteiger partial charge is 0.422 e. The van der Waals surface area contributed by atoms with E-state index < -0.39 is 31.8 Å². The van der Waals surface area contributed by atoms with Crippen LogP contribution in [0.1, 0.15) is 53.2 Å². The first kappa shape index (κ1) is 28.8. The van der Waals surface area contributed by atoms with E-state index in [1.165, 1.54) is 0 Å². The van der Waals surface area contributed by atoms with Gasteiger partial charge in [-0.2, -0.15) is 13.1 Å². The molecule has 39 heavy (non-hydrogen) atoms. The number of benzene rings is 2. The van der Waals surface area contributed by atoms with Crippen LogP contribution in [0.4, 0.5) is 0 Å². The molecule has 1 amide bonds. The quantitative estimate of drug-likeness (QED) is 0.262. The molecule has 0 aliphatic carbocycles. The summed E-state index contributed by atoms with van der Waals surface area (Å²) in [5.74, 6) is -0.554. The Hall–Kier alpha value is -3.24. The van der Waals surface area contributed by atoms with Gasteiger partial charge in [0.1, 0.15) is 5.01 Å². The van der Waals surface area contributed by atoms with Crippen molar-refractivity contribution in [2.24, 2.45) is 10.6 Å². The minimum Gasteiger partial charge on any atom is -0.422 e. The molecule has 2 heterocycles. The van der Waals surface area contributed by atoms with Gasteiger partial charge in [0.2, 0.25) is 11.8 Å². The highest BCUT2D eigenvalue weighted by molar-refractivity contribution is 7.91. The summed E-state index contributed by atoms with van der Waals surface area (Å²) in [6.45, 7) is 6.27. The second kappa shape index (κ2) is 10.7. The van der Waals surface area contributed by atoms with Crippen LogP contribution in [0.15, 0.2) is 46.9 Å². The summed E-state index contributed by atoms with van der Waals surface area (Å²) in [5.41, 5.74) is 2.70. The molecule has 0 bridgehead atoms. The standard InChI is InChI=1S/C24H28N6O6S3/c1-24(2,3)13-26-21(31)16-7-5-6-14(10-16)15-8-9-17-18(11-15)37-23(28-17)20(38(4,32)33)22-30-29-19(36-22)12-27-39(25,34)35/h5-11,20,27H,12-13H2,1-4H3,(H,26,31)(H2,25,34,35). The molecule has 12 nitrogen and oxygen atoms in total. The number of nitrogens with one attached hydrogen (secondary N) is 2. The third-order valence-electron chi connectivity index (χ3n) is 5.43. The summed E-state index contributed by atoms with van der Waals surface area (Å²) in [7, 11) is -7.80. The molecule has 2 aromatic carbocycles. The summed E-state index contributed by atoms with van der Waals surface area (Å²) in [6.07, 6.45) is 1.03. The second-order valence-electron chi connectivity index (χ2n) is 10.2. The van der Waals surface area contributed by atoms with Crippen molar-refractivity contribution < 1.29 is 26.0 Å². The maximum Gasteiger partial charge on any atom is 0.274 e. The summed E-state index contributed by atoms with van der Waals surface area (Å²) < 4.78 is 55.8. The molecule has 4 aromatic rings. The number of nitrogens with zero attached hydrogens (tertiary/aromatic N) is 3. The topological polar surface area (TPSA) is 187 Å². The molecule has 1 unspecified atom stereocenters. The van der Waals surface area contributed by atoms with Crippen molar-refractivity contribution in [3.8, 4) is 11.1 Å². The number of aromatic nitrogens is 3. The molecule has 0 spiro atoms. The second-order valence-corrected chi connectivity index (χ2v) is 14.7. The Balaban J connectivity index is 1.63. The molecular formula is C24H28N6O6S3. The van der Waals surface area contributed by atoms with Crippen LogP contribution in [-0.2, 0) is 26.6 Å². The van der Waals surface area contributed by atoms with Crippen LogP contribution in [0.2, 0.25) is 0 Å². The Labute approximate surface area is 230 Å². The zero-order chi connectivity index (χ0) is 28.6. The van der Waals surface area contributed by atoms with E-state index >= 15 is 0 Å². The van der Waals surface area contributed by atoms with Crippen molar-refractivity contribution in [3.63, 3.8) is 0 Å². The minimum atomic E-state index is -4.00. The number of sulfone groups is 1. The number of rotatable bonds is 9. The predicted octanol–water partition coefficient (Wildman–Crippen LogP) is 2.55. The van der Waals surface area contributed by atoms with Crippen molar-refractivity contribution in [3.05, 3.63) is 64.8 Å². The van der Waals surface area contributed by atoms with Gasteiger partial charge in [-0.15, -0.1) is 21.5 Å². The first-order chi connectivity index (χ1) is 18.1.